The van der Waals surface area contributed by atoms with Gasteiger partial charge in [-0.1, -0.05) is 24.5 Å². The summed E-state index contributed by atoms with van der Waals surface area (Å²) in [5, 5.41) is 14.0. The lowest BCUT2D eigenvalue weighted by Crippen LogP contribution is -2.49. The second-order valence-electron chi connectivity index (χ2n) is 9.50. The van der Waals surface area contributed by atoms with E-state index in [9.17, 15) is 26.7 Å². The summed E-state index contributed by atoms with van der Waals surface area (Å²) in [6.07, 6.45) is 7.22. The standard InChI is InChI=1S/C23H30N4O6S2/c1-14(2)8-9-15-13-27(17-6-4-5-7-17)23(29)20(21(15)28)22-24-18-11-10-16(25-34(3,30)31)12-19(18)35(32,33)26-22/h8,10-12,15,17,25,28H,4-7,9,13H2,1-3H3,(H,24,26). The quantitative estimate of drug-likeness (QED) is 0.487. The first-order chi connectivity index (χ1) is 16.4. The maximum absolute atomic E-state index is 13.5. The Morgan fingerprint density at radius 1 is 1.29 bits per heavy atom. The number of amidine groups is 1. The number of carbonyl (C=O) groups is 1. The van der Waals surface area contributed by atoms with Crippen LogP contribution >= 0.6 is 0 Å². The number of fused-ring (bicyclic) bond motifs is 1. The van der Waals surface area contributed by atoms with Crippen molar-refractivity contribution < 1.29 is 26.7 Å². The Hall–Kier alpha value is -2.86. The highest BCUT2D eigenvalue weighted by atomic mass is 32.2. The number of nitrogens with zero attached hydrogens (tertiary/aromatic N) is 2. The molecule has 1 amide bonds. The predicted octanol–water partition coefficient (Wildman–Crippen LogP) is 3.14. The molecule has 1 fully saturated rings. The van der Waals surface area contributed by atoms with Crippen LogP contribution < -0.4 is 10.0 Å². The lowest BCUT2D eigenvalue weighted by Gasteiger charge is -2.38. The van der Waals surface area contributed by atoms with Crippen LogP contribution in [0.5, 0.6) is 0 Å². The minimum absolute atomic E-state index is 0.0394. The molecular weight excluding hydrogens is 492 g/mol. The Morgan fingerprint density at radius 2 is 1.97 bits per heavy atom. The van der Waals surface area contributed by atoms with Crippen molar-refractivity contribution in [3.63, 3.8) is 0 Å². The van der Waals surface area contributed by atoms with Crippen molar-refractivity contribution in [2.24, 2.45) is 10.3 Å². The van der Waals surface area contributed by atoms with Gasteiger partial charge in [0.05, 0.1) is 11.9 Å². The van der Waals surface area contributed by atoms with Crippen molar-refractivity contribution >= 4 is 43.2 Å². The molecule has 1 aromatic carbocycles. The van der Waals surface area contributed by atoms with Crippen LogP contribution in [-0.2, 0) is 24.8 Å². The van der Waals surface area contributed by atoms with E-state index in [0.29, 0.717) is 13.0 Å². The van der Waals surface area contributed by atoms with Crippen LogP contribution in [0.4, 0.5) is 11.4 Å². The average molecular weight is 523 g/mol. The monoisotopic (exact) mass is 522 g/mol. The summed E-state index contributed by atoms with van der Waals surface area (Å²) in [7, 11) is -7.89. The average Bonchev–Trinajstić information content (AvgIpc) is 3.27. The summed E-state index contributed by atoms with van der Waals surface area (Å²) in [6.45, 7) is 4.26. The van der Waals surface area contributed by atoms with Crippen molar-refractivity contribution in [1.82, 2.24) is 4.90 Å². The van der Waals surface area contributed by atoms with Crippen molar-refractivity contribution in [3.05, 3.63) is 41.2 Å². The first-order valence-electron chi connectivity index (χ1n) is 11.5. The van der Waals surface area contributed by atoms with Gasteiger partial charge in [0.15, 0.2) is 5.84 Å². The number of aliphatic hydroxyl groups excluding tert-OH is 1. The molecule has 2 heterocycles. The van der Waals surface area contributed by atoms with Crippen LogP contribution in [0.2, 0.25) is 0 Å². The molecule has 1 atom stereocenters. The molecule has 12 heteroatoms. The number of aliphatic hydroxyl groups is 1. The van der Waals surface area contributed by atoms with Gasteiger partial charge >= 0.3 is 0 Å². The largest absolute Gasteiger partial charge is 0.511 e. The zero-order chi connectivity index (χ0) is 25.5. The summed E-state index contributed by atoms with van der Waals surface area (Å²) < 4.78 is 55.2. The van der Waals surface area contributed by atoms with Crippen LogP contribution in [0, 0.1) is 5.92 Å². The lowest BCUT2D eigenvalue weighted by molar-refractivity contribution is -0.130. The molecule has 4 rings (SSSR count). The summed E-state index contributed by atoms with van der Waals surface area (Å²) >= 11 is 0. The molecule has 0 saturated heterocycles. The van der Waals surface area contributed by atoms with Gasteiger partial charge in [0.25, 0.3) is 15.9 Å². The minimum Gasteiger partial charge on any atom is -0.511 e. The zero-order valence-electron chi connectivity index (χ0n) is 19.9. The Labute approximate surface area is 205 Å². The fourth-order valence-electron chi connectivity index (χ4n) is 4.73. The molecule has 0 bridgehead atoms. The van der Waals surface area contributed by atoms with E-state index in [1.807, 2.05) is 19.9 Å². The highest BCUT2D eigenvalue weighted by molar-refractivity contribution is 7.92. The van der Waals surface area contributed by atoms with Crippen molar-refractivity contribution in [2.45, 2.75) is 56.9 Å². The fraction of sp³-hybridized carbons (Fsp3) is 0.478. The normalized spacial score (nSPS) is 22.4. The third kappa shape index (κ3) is 5.37. The number of hydrogen-bond donors (Lipinski definition) is 3. The van der Waals surface area contributed by atoms with E-state index in [1.165, 1.54) is 18.2 Å². The molecule has 0 radical (unpaired) electrons. The summed E-state index contributed by atoms with van der Waals surface area (Å²) in [4.78, 5) is 15.1. The number of allylic oxidation sites excluding steroid dienone is 2. The smallest absolute Gasteiger partial charge is 0.286 e. The summed E-state index contributed by atoms with van der Waals surface area (Å²) in [5.41, 5.74) is 1.15. The fourth-order valence-corrected chi connectivity index (χ4v) is 6.43. The number of anilines is 2. The van der Waals surface area contributed by atoms with E-state index in [0.717, 1.165) is 37.5 Å². The molecule has 1 aromatic rings. The van der Waals surface area contributed by atoms with Crippen molar-refractivity contribution in [2.75, 3.05) is 22.8 Å². The molecule has 0 aromatic heterocycles. The van der Waals surface area contributed by atoms with Gasteiger partial charge in [-0.2, -0.15) is 8.42 Å². The van der Waals surface area contributed by atoms with Crippen molar-refractivity contribution in [1.29, 1.82) is 0 Å². The number of rotatable bonds is 6. The van der Waals surface area contributed by atoms with Gasteiger partial charge in [0.1, 0.15) is 16.2 Å². The lowest BCUT2D eigenvalue weighted by atomic mass is 9.91. The van der Waals surface area contributed by atoms with Gasteiger partial charge in [-0.25, -0.2) is 8.42 Å². The van der Waals surface area contributed by atoms with Gasteiger partial charge in [0, 0.05) is 24.2 Å². The number of hydrogen-bond acceptors (Lipinski definition) is 7. The number of carbonyl (C=O) groups excluding carboxylic acids is 1. The Kier molecular flexibility index (Phi) is 6.71. The summed E-state index contributed by atoms with van der Waals surface area (Å²) in [6, 6.07) is 4.01. The maximum Gasteiger partial charge on any atom is 0.286 e. The van der Waals surface area contributed by atoms with Crippen LogP contribution in [0.1, 0.15) is 46.0 Å². The zero-order valence-corrected chi connectivity index (χ0v) is 21.5. The molecule has 10 nitrogen and oxygen atoms in total. The van der Waals surface area contributed by atoms with E-state index in [4.69, 9.17) is 0 Å². The van der Waals surface area contributed by atoms with E-state index < -0.39 is 26.0 Å². The number of sulfonamides is 2. The van der Waals surface area contributed by atoms with E-state index in [1.54, 1.807) is 4.90 Å². The van der Waals surface area contributed by atoms with Gasteiger partial charge in [-0.3, -0.25) is 9.52 Å². The molecule has 3 N–H and O–H groups in total. The van der Waals surface area contributed by atoms with E-state index in [-0.39, 0.29) is 45.4 Å². The molecule has 1 unspecified atom stereocenters. The SMILES string of the molecule is CC(C)=CCC1CN(C2CCCC2)C(=O)C(C2=NS(=O)(=O)c3cc(NS(C)(=O)=O)ccc3N2)=C1O. The highest BCUT2D eigenvalue weighted by Crippen LogP contribution is 2.36. The topological polar surface area (TPSA) is 145 Å². The van der Waals surface area contributed by atoms with E-state index >= 15 is 0 Å². The molecule has 1 aliphatic carbocycles. The van der Waals surface area contributed by atoms with Gasteiger partial charge in [-0.15, -0.1) is 4.40 Å². The van der Waals surface area contributed by atoms with Gasteiger partial charge < -0.3 is 15.3 Å². The van der Waals surface area contributed by atoms with Gasteiger partial charge in [0.2, 0.25) is 10.0 Å². The Balaban J connectivity index is 1.76. The molecule has 3 aliphatic rings. The molecular formula is C23H30N4O6S2. The number of benzene rings is 1. The van der Waals surface area contributed by atoms with Crippen molar-refractivity contribution in [3.8, 4) is 0 Å². The van der Waals surface area contributed by atoms with Crippen LogP contribution in [0.25, 0.3) is 0 Å². The molecule has 0 spiro atoms. The maximum atomic E-state index is 13.5. The summed E-state index contributed by atoms with van der Waals surface area (Å²) in [5.74, 6) is -1.23. The third-order valence-electron chi connectivity index (χ3n) is 6.37. The van der Waals surface area contributed by atoms with Crippen LogP contribution in [0.15, 0.2) is 50.5 Å². The second kappa shape index (κ2) is 9.30. The van der Waals surface area contributed by atoms with Crippen LogP contribution in [-0.4, -0.2) is 57.4 Å². The predicted molar refractivity (Wildman–Crippen MR) is 134 cm³/mol. The number of amides is 1. The van der Waals surface area contributed by atoms with Gasteiger partial charge in [-0.05, 0) is 51.3 Å². The molecule has 2 aliphatic heterocycles. The van der Waals surface area contributed by atoms with E-state index in [2.05, 4.69) is 14.4 Å². The van der Waals surface area contributed by atoms with Crippen LogP contribution in [0.3, 0.4) is 0 Å². The first kappa shape index (κ1) is 25.2. The Morgan fingerprint density at radius 3 is 2.60 bits per heavy atom. The first-order valence-corrected chi connectivity index (χ1v) is 14.8. The minimum atomic E-state index is -4.28. The Bertz CT molecular complexity index is 1350. The number of nitrogens with one attached hydrogen (secondary N) is 2. The molecule has 1 saturated carbocycles. The third-order valence-corrected chi connectivity index (χ3v) is 8.30. The molecule has 190 valence electrons. The second-order valence-corrected chi connectivity index (χ2v) is 12.8. The highest BCUT2D eigenvalue weighted by Gasteiger charge is 2.41. The molecule has 35 heavy (non-hydrogen) atoms.